The Kier molecular flexibility index (Phi) is 5.90. The molecule has 6 nitrogen and oxygen atoms in total. The maximum Gasteiger partial charge on any atom is 0.407 e. The predicted molar refractivity (Wildman–Crippen MR) is 130 cm³/mol. The van der Waals surface area contributed by atoms with E-state index in [1.165, 1.54) is 11.1 Å². The lowest BCUT2D eigenvalue weighted by Gasteiger charge is -2.14. The highest BCUT2D eigenvalue weighted by atomic mass is 35.5. The zero-order valence-corrected chi connectivity index (χ0v) is 18.9. The maximum atomic E-state index is 12.4. The Hall–Kier alpha value is -3.90. The van der Waals surface area contributed by atoms with Gasteiger partial charge in [-0.05, 0) is 39.8 Å². The highest BCUT2D eigenvalue weighted by Gasteiger charge is 2.29. The molecule has 1 aliphatic carbocycles. The number of halogens is 1. The summed E-state index contributed by atoms with van der Waals surface area (Å²) >= 11 is 6.18. The molecule has 7 heteroatoms. The first kappa shape index (κ1) is 21.9. The summed E-state index contributed by atoms with van der Waals surface area (Å²) in [5, 5.41) is 13.7. The molecule has 2 N–H and O–H groups in total. The highest BCUT2D eigenvalue weighted by molar-refractivity contribution is 6.36. The van der Waals surface area contributed by atoms with E-state index in [9.17, 15) is 14.7 Å². The number of aromatic carboxylic acids is 1. The summed E-state index contributed by atoms with van der Waals surface area (Å²) < 4.78 is 5.54. The monoisotopic (exact) mass is 472 g/mol. The van der Waals surface area contributed by atoms with E-state index < -0.39 is 12.1 Å². The number of carboxylic acid groups (broad SMARTS) is 1. The number of carbonyl (C=O) groups is 2. The average Bonchev–Trinajstić information content (AvgIpc) is 3.16. The lowest BCUT2D eigenvalue weighted by molar-refractivity contribution is 0.0692. The molecule has 1 aromatic heterocycles. The zero-order valence-electron chi connectivity index (χ0n) is 18.1. The van der Waals surface area contributed by atoms with Crippen LogP contribution in [0, 0.1) is 0 Å². The number of aromatic nitrogens is 1. The Balaban J connectivity index is 1.23. The van der Waals surface area contributed by atoms with Crippen LogP contribution in [0.2, 0.25) is 5.02 Å². The Labute approximate surface area is 201 Å². The number of hydrogen-bond donors (Lipinski definition) is 2. The van der Waals surface area contributed by atoms with Crippen molar-refractivity contribution in [1.29, 1.82) is 0 Å². The number of fused-ring (bicyclic) bond motifs is 4. The molecule has 4 aromatic rings. The average molecular weight is 473 g/mol. The molecule has 0 saturated carbocycles. The Morgan fingerprint density at radius 3 is 2.32 bits per heavy atom. The van der Waals surface area contributed by atoms with E-state index in [0.29, 0.717) is 27.9 Å². The molecular weight excluding hydrogens is 452 g/mol. The summed E-state index contributed by atoms with van der Waals surface area (Å²) in [7, 11) is 0. The molecule has 1 amide bonds. The van der Waals surface area contributed by atoms with Gasteiger partial charge < -0.3 is 15.2 Å². The van der Waals surface area contributed by atoms with E-state index in [2.05, 4.69) is 34.6 Å². The predicted octanol–water partition coefficient (Wildman–Crippen LogP) is 5.67. The Morgan fingerprint density at radius 2 is 1.65 bits per heavy atom. The number of benzene rings is 3. The minimum Gasteiger partial charge on any atom is -0.476 e. The molecular formula is C27H21ClN2O4. The molecule has 3 aromatic carbocycles. The number of rotatable bonds is 6. The van der Waals surface area contributed by atoms with Crippen LogP contribution in [0.25, 0.3) is 21.9 Å². The topological polar surface area (TPSA) is 88.5 Å². The number of hydrogen-bond acceptors (Lipinski definition) is 4. The zero-order chi connectivity index (χ0) is 23.7. The van der Waals surface area contributed by atoms with Crippen molar-refractivity contribution in [2.24, 2.45) is 0 Å². The molecule has 0 radical (unpaired) electrons. The van der Waals surface area contributed by atoms with Gasteiger partial charge in [0.25, 0.3) is 0 Å². The molecule has 1 aliphatic rings. The number of alkyl carbamates (subject to hydrolysis) is 1. The molecule has 0 spiro atoms. The van der Waals surface area contributed by atoms with Gasteiger partial charge in [-0.25, -0.2) is 14.6 Å². The second kappa shape index (κ2) is 9.15. The van der Waals surface area contributed by atoms with Crippen LogP contribution < -0.4 is 5.32 Å². The van der Waals surface area contributed by atoms with Crippen molar-refractivity contribution in [3.8, 4) is 11.1 Å². The van der Waals surface area contributed by atoms with Crippen LogP contribution in [-0.4, -0.2) is 35.3 Å². The fourth-order valence-electron chi connectivity index (χ4n) is 4.55. The summed E-state index contributed by atoms with van der Waals surface area (Å²) in [6.45, 7) is 0.491. The quantitative estimate of drug-likeness (QED) is 0.377. The first-order chi connectivity index (χ1) is 16.5. The van der Waals surface area contributed by atoms with E-state index in [1.54, 1.807) is 24.3 Å². The van der Waals surface area contributed by atoms with Crippen LogP contribution >= 0.6 is 11.6 Å². The van der Waals surface area contributed by atoms with Crippen molar-refractivity contribution in [3.05, 3.63) is 100 Å². The number of carboxylic acids is 1. The van der Waals surface area contributed by atoms with Crippen LogP contribution in [0.3, 0.4) is 0 Å². The van der Waals surface area contributed by atoms with Crippen LogP contribution in [0.4, 0.5) is 4.79 Å². The normalized spacial score (nSPS) is 12.3. The van der Waals surface area contributed by atoms with Crippen molar-refractivity contribution in [3.63, 3.8) is 0 Å². The van der Waals surface area contributed by atoms with Gasteiger partial charge in [0.05, 0.1) is 5.02 Å². The highest BCUT2D eigenvalue weighted by Crippen LogP contribution is 2.44. The molecule has 0 fully saturated rings. The van der Waals surface area contributed by atoms with Gasteiger partial charge in [0, 0.05) is 30.0 Å². The molecule has 34 heavy (non-hydrogen) atoms. The van der Waals surface area contributed by atoms with Gasteiger partial charge in [-0.15, -0.1) is 0 Å². The first-order valence-corrected chi connectivity index (χ1v) is 11.3. The number of ether oxygens (including phenoxy) is 1. The van der Waals surface area contributed by atoms with Crippen LogP contribution in [0.5, 0.6) is 0 Å². The maximum absolute atomic E-state index is 12.4. The summed E-state index contributed by atoms with van der Waals surface area (Å²) in [5.41, 5.74) is 5.09. The molecule has 0 saturated heterocycles. The van der Waals surface area contributed by atoms with Crippen molar-refractivity contribution in [2.75, 3.05) is 13.2 Å². The van der Waals surface area contributed by atoms with Gasteiger partial charge in [0.1, 0.15) is 6.61 Å². The van der Waals surface area contributed by atoms with Crippen molar-refractivity contribution < 1.29 is 19.4 Å². The van der Waals surface area contributed by atoms with Crippen LogP contribution in [-0.2, 0) is 11.2 Å². The fourth-order valence-corrected chi connectivity index (χ4v) is 4.82. The van der Waals surface area contributed by atoms with Gasteiger partial charge >= 0.3 is 12.1 Å². The van der Waals surface area contributed by atoms with E-state index in [4.69, 9.17) is 16.3 Å². The third kappa shape index (κ3) is 4.08. The van der Waals surface area contributed by atoms with Crippen LogP contribution in [0.1, 0.15) is 33.2 Å². The minimum atomic E-state index is -1.15. The Morgan fingerprint density at radius 1 is 0.971 bits per heavy atom. The van der Waals surface area contributed by atoms with E-state index in [0.717, 1.165) is 11.1 Å². The van der Waals surface area contributed by atoms with Gasteiger partial charge in [-0.2, -0.15) is 0 Å². The van der Waals surface area contributed by atoms with E-state index >= 15 is 0 Å². The third-order valence-electron chi connectivity index (χ3n) is 6.06. The lowest BCUT2D eigenvalue weighted by atomic mass is 9.98. The summed E-state index contributed by atoms with van der Waals surface area (Å²) in [5.74, 6) is -1.16. The summed E-state index contributed by atoms with van der Waals surface area (Å²) in [6.07, 6.45) is -0.170. The number of nitrogens with zero attached hydrogens (tertiary/aromatic N) is 1. The van der Waals surface area contributed by atoms with Gasteiger partial charge in [0.2, 0.25) is 0 Å². The molecule has 0 bridgehead atoms. The third-order valence-corrected chi connectivity index (χ3v) is 6.37. The van der Waals surface area contributed by atoms with Crippen molar-refractivity contribution in [1.82, 2.24) is 10.3 Å². The SMILES string of the molecule is O=C(NCCc1cc2cccc(Cl)c2c(C(=O)O)n1)OCC1c2ccccc2-c2ccccc21. The molecule has 0 unspecified atom stereocenters. The van der Waals surface area contributed by atoms with Crippen LogP contribution in [0.15, 0.2) is 72.8 Å². The van der Waals surface area contributed by atoms with Gasteiger partial charge in [-0.3, -0.25) is 0 Å². The standard InChI is InChI=1S/C27H21ClN2O4/c28-23-11-5-6-16-14-17(30-25(24(16)23)26(31)32)12-13-29-27(33)34-15-22-20-9-3-1-7-18(20)19-8-2-4-10-21(19)22/h1-11,14,22H,12-13,15H2,(H,29,33)(H,31,32). The lowest BCUT2D eigenvalue weighted by Crippen LogP contribution is -2.28. The molecule has 1 heterocycles. The largest absolute Gasteiger partial charge is 0.476 e. The number of nitrogens with one attached hydrogen (secondary N) is 1. The smallest absolute Gasteiger partial charge is 0.407 e. The van der Waals surface area contributed by atoms with Gasteiger partial charge in [0.15, 0.2) is 5.69 Å². The van der Waals surface area contributed by atoms with Crippen molar-refractivity contribution in [2.45, 2.75) is 12.3 Å². The molecule has 170 valence electrons. The van der Waals surface area contributed by atoms with E-state index in [-0.39, 0.29) is 24.8 Å². The second-order valence-corrected chi connectivity index (χ2v) is 8.51. The number of carbonyl (C=O) groups excluding carboxylic acids is 1. The minimum absolute atomic E-state index is 0.0109. The fraction of sp³-hybridized carbons (Fsp3) is 0.148. The summed E-state index contributed by atoms with van der Waals surface area (Å²) in [6, 6.07) is 23.3. The molecule has 5 rings (SSSR count). The Bertz CT molecular complexity index is 1370. The van der Waals surface area contributed by atoms with E-state index in [1.807, 2.05) is 24.3 Å². The molecule has 0 atom stereocenters. The number of pyridine rings is 1. The van der Waals surface area contributed by atoms with Crippen molar-refractivity contribution >= 4 is 34.4 Å². The number of amides is 1. The first-order valence-electron chi connectivity index (χ1n) is 10.9. The second-order valence-electron chi connectivity index (χ2n) is 8.11. The summed E-state index contributed by atoms with van der Waals surface area (Å²) in [4.78, 5) is 28.3. The van der Waals surface area contributed by atoms with Gasteiger partial charge in [-0.1, -0.05) is 72.3 Å². The molecule has 0 aliphatic heterocycles.